The second-order valence-electron chi connectivity index (χ2n) is 6.26. The number of carbonyl (C=O) groups is 1. The van der Waals surface area contributed by atoms with Crippen molar-refractivity contribution >= 4 is 22.9 Å². The van der Waals surface area contributed by atoms with E-state index in [1.54, 1.807) is 22.9 Å². The standard InChI is InChI=1S/C20H17FN6OS/c1-2-18-24-25-26-27(18)17-9-4-3-8-16(17)23-19(28)11-15-12-29-20(22-15)13-6-5-7-14(21)10-13/h3-10,12H,2,11H2,1H3,(H,23,28). The molecule has 0 aliphatic heterocycles. The van der Waals surface area contributed by atoms with E-state index >= 15 is 0 Å². The highest BCUT2D eigenvalue weighted by Gasteiger charge is 2.14. The molecule has 2 aromatic heterocycles. The number of benzene rings is 2. The van der Waals surface area contributed by atoms with E-state index in [1.807, 2.05) is 30.5 Å². The molecule has 0 aliphatic rings. The van der Waals surface area contributed by atoms with Crippen LogP contribution in [0, 0.1) is 5.82 Å². The number of nitrogens with zero attached hydrogens (tertiary/aromatic N) is 5. The van der Waals surface area contributed by atoms with Crippen molar-refractivity contribution in [2.45, 2.75) is 19.8 Å². The molecule has 9 heteroatoms. The summed E-state index contributed by atoms with van der Waals surface area (Å²) in [5.41, 5.74) is 2.63. The van der Waals surface area contributed by atoms with Crippen molar-refractivity contribution in [1.29, 1.82) is 0 Å². The van der Waals surface area contributed by atoms with E-state index in [-0.39, 0.29) is 18.1 Å². The molecule has 2 heterocycles. The molecule has 0 aliphatic carbocycles. The van der Waals surface area contributed by atoms with Crippen LogP contribution in [-0.2, 0) is 17.6 Å². The minimum Gasteiger partial charge on any atom is -0.324 e. The van der Waals surface area contributed by atoms with Gasteiger partial charge in [0.25, 0.3) is 0 Å². The summed E-state index contributed by atoms with van der Waals surface area (Å²) in [7, 11) is 0. The predicted molar refractivity (Wildman–Crippen MR) is 108 cm³/mol. The number of tetrazole rings is 1. The van der Waals surface area contributed by atoms with Crippen LogP contribution in [0.25, 0.3) is 16.3 Å². The van der Waals surface area contributed by atoms with Gasteiger partial charge in [0.15, 0.2) is 5.82 Å². The van der Waals surface area contributed by atoms with E-state index in [0.717, 1.165) is 0 Å². The van der Waals surface area contributed by atoms with Crippen LogP contribution in [0.3, 0.4) is 0 Å². The number of thiazole rings is 1. The lowest BCUT2D eigenvalue weighted by Gasteiger charge is -2.11. The lowest BCUT2D eigenvalue weighted by molar-refractivity contribution is -0.115. The monoisotopic (exact) mass is 408 g/mol. The van der Waals surface area contributed by atoms with Gasteiger partial charge in [-0.3, -0.25) is 4.79 Å². The van der Waals surface area contributed by atoms with Crippen molar-refractivity contribution < 1.29 is 9.18 Å². The Morgan fingerprint density at radius 1 is 1.21 bits per heavy atom. The quantitative estimate of drug-likeness (QED) is 0.526. The van der Waals surface area contributed by atoms with Crippen LogP contribution in [0.5, 0.6) is 0 Å². The number of aryl methyl sites for hydroxylation is 1. The Balaban J connectivity index is 1.50. The molecule has 0 saturated heterocycles. The van der Waals surface area contributed by atoms with Crippen molar-refractivity contribution in [3.8, 4) is 16.3 Å². The van der Waals surface area contributed by atoms with Gasteiger partial charge in [0.05, 0.1) is 23.5 Å². The summed E-state index contributed by atoms with van der Waals surface area (Å²) in [6.45, 7) is 1.96. The molecule has 0 fully saturated rings. The molecule has 2 aromatic carbocycles. The highest BCUT2D eigenvalue weighted by molar-refractivity contribution is 7.13. The molecule has 0 saturated carbocycles. The molecule has 1 amide bonds. The summed E-state index contributed by atoms with van der Waals surface area (Å²) in [6, 6.07) is 13.6. The van der Waals surface area contributed by atoms with Crippen molar-refractivity contribution in [3.05, 3.63) is 71.2 Å². The summed E-state index contributed by atoms with van der Waals surface area (Å²) < 4.78 is 15.0. The largest absolute Gasteiger partial charge is 0.324 e. The molecule has 29 heavy (non-hydrogen) atoms. The summed E-state index contributed by atoms with van der Waals surface area (Å²) in [5, 5.41) is 17.1. The number of rotatable bonds is 6. The number of aromatic nitrogens is 5. The second-order valence-corrected chi connectivity index (χ2v) is 7.12. The van der Waals surface area contributed by atoms with Crippen LogP contribution in [0.15, 0.2) is 53.9 Å². The predicted octanol–water partition coefficient (Wildman–Crippen LogP) is 3.67. The van der Waals surface area contributed by atoms with Crippen LogP contribution >= 0.6 is 11.3 Å². The lowest BCUT2D eigenvalue weighted by atomic mass is 10.2. The molecular formula is C20H17FN6OS. The molecule has 0 bridgehead atoms. The molecule has 0 atom stereocenters. The second kappa shape index (κ2) is 8.27. The molecule has 146 valence electrons. The first kappa shape index (κ1) is 18.9. The van der Waals surface area contributed by atoms with E-state index in [1.165, 1.54) is 23.5 Å². The molecule has 0 unspecified atom stereocenters. The number of amides is 1. The van der Waals surface area contributed by atoms with Gasteiger partial charge in [0.1, 0.15) is 10.8 Å². The number of carbonyl (C=O) groups excluding carboxylic acids is 1. The zero-order chi connectivity index (χ0) is 20.2. The Labute approximate surface area is 170 Å². The molecule has 0 radical (unpaired) electrons. The maximum atomic E-state index is 13.4. The third-order valence-electron chi connectivity index (χ3n) is 4.22. The van der Waals surface area contributed by atoms with Crippen LogP contribution in [-0.4, -0.2) is 31.1 Å². The van der Waals surface area contributed by atoms with Crippen LogP contribution < -0.4 is 5.32 Å². The van der Waals surface area contributed by atoms with E-state index in [2.05, 4.69) is 25.8 Å². The van der Waals surface area contributed by atoms with Gasteiger partial charge >= 0.3 is 0 Å². The Hall–Kier alpha value is -3.46. The van der Waals surface area contributed by atoms with Gasteiger partial charge in [-0.2, -0.15) is 4.68 Å². The van der Waals surface area contributed by atoms with Gasteiger partial charge < -0.3 is 5.32 Å². The van der Waals surface area contributed by atoms with Crippen LogP contribution in [0.4, 0.5) is 10.1 Å². The first-order valence-electron chi connectivity index (χ1n) is 9.01. The lowest BCUT2D eigenvalue weighted by Crippen LogP contribution is -2.17. The van der Waals surface area contributed by atoms with E-state index in [4.69, 9.17) is 0 Å². The fourth-order valence-electron chi connectivity index (χ4n) is 2.88. The summed E-state index contributed by atoms with van der Waals surface area (Å²) in [5.74, 6) is 0.174. The molecule has 4 rings (SSSR count). The highest BCUT2D eigenvalue weighted by atomic mass is 32.1. The highest BCUT2D eigenvalue weighted by Crippen LogP contribution is 2.25. The minimum absolute atomic E-state index is 0.108. The van der Waals surface area contributed by atoms with Crippen LogP contribution in [0.1, 0.15) is 18.4 Å². The fourth-order valence-corrected chi connectivity index (χ4v) is 3.70. The maximum Gasteiger partial charge on any atom is 0.230 e. The Bertz CT molecular complexity index is 1160. The number of hydrogen-bond donors (Lipinski definition) is 1. The van der Waals surface area contributed by atoms with Crippen molar-refractivity contribution in [2.24, 2.45) is 0 Å². The third kappa shape index (κ3) is 4.19. The first-order valence-corrected chi connectivity index (χ1v) is 9.89. The molecule has 1 N–H and O–H groups in total. The van der Waals surface area contributed by atoms with E-state index in [0.29, 0.717) is 39.9 Å². The average Bonchev–Trinajstić information content (AvgIpc) is 3.37. The maximum absolute atomic E-state index is 13.4. The molecule has 0 spiro atoms. The summed E-state index contributed by atoms with van der Waals surface area (Å²) in [6.07, 6.45) is 0.771. The topological polar surface area (TPSA) is 85.6 Å². The summed E-state index contributed by atoms with van der Waals surface area (Å²) in [4.78, 5) is 17.0. The van der Waals surface area contributed by atoms with Gasteiger partial charge in [-0.1, -0.05) is 31.2 Å². The number of nitrogens with one attached hydrogen (secondary N) is 1. The van der Waals surface area contributed by atoms with Gasteiger partial charge in [-0.05, 0) is 34.7 Å². The third-order valence-corrected chi connectivity index (χ3v) is 5.16. The number of para-hydroxylation sites is 2. The zero-order valence-corrected chi connectivity index (χ0v) is 16.4. The van der Waals surface area contributed by atoms with Crippen molar-refractivity contribution in [2.75, 3.05) is 5.32 Å². The molecular weight excluding hydrogens is 391 g/mol. The van der Waals surface area contributed by atoms with Gasteiger partial charge in [-0.25, -0.2) is 9.37 Å². The molecule has 4 aromatic rings. The normalized spacial score (nSPS) is 10.8. The minimum atomic E-state index is -0.317. The Kier molecular flexibility index (Phi) is 5.39. The number of anilines is 1. The number of hydrogen-bond acceptors (Lipinski definition) is 6. The van der Waals surface area contributed by atoms with Gasteiger partial charge in [0, 0.05) is 17.4 Å². The van der Waals surface area contributed by atoms with Crippen LogP contribution in [0.2, 0.25) is 0 Å². The van der Waals surface area contributed by atoms with Gasteiger partial charge in [0.2, 0.25) is 5.91 Å². The average molecular weight is 408 g/mol. The summed E-state index contributed by atoms with van der Waals surface area (Å²) >= 11 is 1.38. The Morgan fingerprint density at radius 3 is 2.90 bits per heavy atom. The fraction of sp³-hybridized carbons (Fsp3) is 0.150. The van der Waals surface area contributed by atoms with Crippen molar-refractivity contribution in [3.63, 3.8) is 0 Å². The Morgan fingerprint density at radius 2 is 2.07 bits per heavy atom. The van der Waals surface area contributed by atoms with E-state index < -0.39 is 0 Å². The first-order chi connectivity index (χ1) is 14.1. The van der Waals surface area contributed by atoms with Crippen molar-refractivity contribution in [1.82, 2.24) is 25.2 Å². The molecule has 7 nitrogen and oxygen atoms in total. The smallest absolute Gasteiger partial charge is 0.230 e. The van der Waals surface area contributed by atoms with Gasteiger partial charge in [-0.15, -0.1) is 16.4 Å². The number of halogens is 1. The SMILES string of the molecule is CCc1nnnn1-c1ccccc1NC(=O)Cc1csc(-c2cccc(F)c2)n1. The van der Waals surface area contributed by atoms with E-state index in [9.17, 15) is 9.18 Å². The zero-order valence-electron chi connectivity index (χ0n) is 15.5.